The van der Waals surface area contributed by atoms with E-state index in [2.05, 4.69) is 17.6 Å². The minimum absolute atomic E-state index is 0. The highest BCUT2D eigenvalue weighted by molar-refractivity contribution is 5.85. The van der Waals surface area contributed by atoms with Gasteiger partial charge in [0.15, 0.2) is 0 Å². The van der Waals surface area contributed by atoms with E-state index in [9.17, 15) is 4.79 Å². The number of rotatable bonds is 3. The van der Waals surface area contributed by atoms with Gasteiger partial charge in [-0.3, -0.25) is 4.79 Å². The molecule has 0 radical (unpaired) electrons. The number of hydrogen-bond donors (Lipinski definition) is 2. The van der Waals surface area contributed by atoms with Gasteiger partial charge in [0.05, 0.1) is 6.04 Å². The predicted molar refractivity (Wildman–Crippen MR) is 67.9 cm³/mol. The maximum atomic E-state index is 11.8. The summed E-state index contributed by atoms with van der Waals surface area (Å²) in [4.78, 5) is 11.8. The normalized spacial score (nSPS) is 27.4. The van der Waals surface area contributed by atoms with E-state index in [-0.39, 0.29) is 24.4 Å². The van der Waals surface area contributed by atoms with Crippen LogP contribution in [0.5, 0.6) is 0 Å². The summed E-state index contributed by atoms with van der Waals surface area (Å²) in [6.07, 6.45) is 7.33. The summed E-state index contributed by atoms with van der Waals surface area (Å²) in [5, 5.41) is 6.34. The zero-order valence-corrected chi connectivity index (χ0v) is 10.9. The van der Waals surface area contributed by atoms with Crippen molar-refractivity contribution in [3.05, 3.63) is 0 Å². The third-order valence-electron chi connectivity index (χ3n) is 3.88. The minimum Gasteiger partial charge on any atom is -0.354 e. The molecule has 0 spiro atoms. The predicted octanol–water partition coefficient (Wildman–Crippen LogP) is 1.86. The Bertz CT molecular complexity index is 233. The first-order valence-corrected chi connectivity index (χ1v) is 6.21. The van der Waals surface area contributed by atoms with Gasteiger partial charge >= 0.3 is 0 Å². The highest BCUT2D eigenvalue weighted by Crippen LogP contribution is 2.36. The van der Waals surface area contributed by atoms with Crippen LogP contribution in [-0.2, 0) is 4.79 Å². The zero-order chi connectivity index (χ0) is 10.7. The molecule has 2 aliphatic rings. The molecule has 0 unspecified atom stereocenters. The zero-order valence-electron chi connectivity index (χ0n) is 10.1. The van der Waals surface area contributed by atoms with Crippen LogP contribution in [0.15, 0.2) is 0 Å². The quantitative estimate of drug-likeness (QED) is 0.798. The number of hydrogen-bond acceptors (Lipinski definition) is 2. The van der Waals surface area contributed by atoms with Crippen molar-refractivity contribution in [3.63, 3.8) is 0 Å². The van der Waals surface area contributed by atoms with Gasteiger partial charge in [-0.15, -0.1) is 12.4 Å². The first-order chi connectivity index (χ1) is 7.20. The molecule has 16 heavy (non-hydrogen) atoms. The molecule has 0 aromatic heterocycles. The fraction of sp³-hybridized carbons (Fsp3) is 0.917. The van der Waals surface area contributed by atoms with Crippen LogP contribution in [0.2, 0.25) is 0 Å². The minimum atomic E-state index is 0. The van der Waals surface area contributed by atoms with Crippen molar-refractivity contribution in [1.82, 2.24) is 10.6 Å². The van der Waals surface area contributed by atoms with Crippen molar-refractivity contribution in [2.24, 2.45) is 5.41 Å². The van der Waals surface area contributed by atoms with Crippen molar-refractivity contribution in [2.45, 2.75) is 51.5 Å². The Labute approximate surface area is 104 Å². The highest BCUT2D eigenvalue weighted by Gasteiger charge is 2.30. The Balaban J connectivity index is 0.00000128. The molecule has 4 heteroatoms. The molecule has 1 atom stereocenters. The van der Waals surface area contributed by atoms with Crippen LogP contribution in [0, 0.1) is 5.41 Å². The third-order valence-corrected chi connectivity index (χ3v) is 3.88. The summed E-state index contributed by atoms with van der Waals surface area (Å²) in [6, 6.07) is 0.0787. The van der Waals surface area contributed by atoms with Crippen LogP contribution in [0.4, 0.5) is 0 Å². The lowest BCUT2D eigenvalue weighted by molar-refractivity contribution is -0.123. The second-order valence-corrected chi connectivity index (χ2v) is 5.38. The summed E-state index contributed by atoms with van der Waals surface area (Å²) in [5.41, 5.74) is 0.369. The van der Waals surface area contributed by atoms with Gasteiger partial charge in [0, 0.05) is 6.54 Å². The standard InChI is InChI=1S/C12H22N2O.ClH/c1-12(6-2-3-7-12)9-14-11(15)10-5-4-8-13-10;/h10,13H,2-9H2,1H3,(H,14,15);1H/t10-;/m0./s1. The lowest BCUT2D eigenvalue weighted by Gasteiger charge is -2.24. The smallest absolute Gasteiger partial charge is 0.237 e. The molecule has 1 aliphatic carbocycles. The van der Waals surface area contributed by atoms with E-state index in [1.807, 2.05) is 0 Å². The monoisotopic (exact) mass is 246 g/mol. The maximum absolute atomic E-state index is 11.8. The van der Waals surface area contributed by atoms with Crippen LogP contribution in [0.3, 0.4) is 0 Å². The third kappa shape index (κ3) is 3.36. The molecule has 1 saturated heterocycles. The van der Waals surface area contributed by atoms with Gasteiger partial charge in [-0.2, -0.15) is 0 Å². The van der Waals surface area contributed by atoms with Crippen LogP contribution in [-0.4, -0.2) is 25.0 Å². The molecule has 0 bridgehead atoms. The summed E-state index contributed by atoms with van der Waals surface area (Å²) >= 11 is 0. The summed E-state index contributed by atoms with van der Waals surface area (Å²) in [7, 11) is 0. The van der Waals surface area contributed by atoms with E-state index in [4.69, 9.17) is 0 Å². The lowest BCUT2D eigenvalue weighted by atomic mass is 9.89. The van der Waals surface area contributed by atoms with Crippen molar-refractivity contribution >= 4 is 18.3 Å². The van der Waals surface area contributed by atoms with Crippen molar-refractivity contribution in [1.29, 1.82) is 0 Å². The molecule has 1 aliphatic heterocycles. The summed E-state index contributed by atoms with van der Waals surface area (Å²) < 4.78 is 0. The first kappa shape index (κ1) is 13.8. The SMILES string of the molecule is CC1(CNC(=O)[C@@H]2CCCN2)CCCC1.Cl. The van der Waals surface area contributed by atoms with Crippen LogP contribution >= 0.6 is 12.4 Å². The Hall–Kier alpha value is -0.280. The number of carbonyl (C=O) groups excluding carboxylic acids is 1. The fourth-order valence-corrected chi connectivity index (χ4v) is 2.74. The summed E-state index contributed by atoms with van der Waals surface area (Å²) in [5.74, 6) is 0.209. The molecule has 0 aromatic carbocycles. The number of amides is 1. The van der Waals surface area contributed by atoms with Crippen LogP contribution in [0.25, 0.3) is 0 Å². The molecule has 0 aromatic rings. The molecule has 1 amide bonds. The van der Waals surface area contributed by atoms with Gasteiger partial charge in [-0.25, -0.2) is 0 Å². The van der Waals surface area contributed by atoms with E-state index in [1.54, 1.807) is 0 Å². The van der Waals surface area contributed by atoms with Gasteiger partial charge in [0.2, 0.25) is 5.91 Å². The first-order valence-electron chi connectivity index (χ1n) is 6.21. The number of nitrogens with one attached hydrogen (secondary N) is 2. The second kappa shape index (κ2) is 5.87. The molecular formula is C12H23ClN2O. The van der Waals surface area contributed by atoms with Crippen LogP contribution < -0.4 is 10.6 Å². The van der Waals surface area contributed by atoms with Gasteiger partial charge in [0.25, 0.3) is 0 Å². The fourth-order valence-electron chi connectivity index (χ4n) is 2.74. The molecule has 3 nitrogen and oxygen atoms in total. The Morgan fingerprint density at radius 2 is 2.06 bits per heavy atom. The highest BCUT2D eigenvalue weighted by atomic mass is 35.5. The van der Waals surface area contributed by atoms with E-state index in [0.717, 1.165) is 25.9 Å². The summed E-state index contributed by atoms with van der Waals surface area (Å²) in [6.45, 7) is 4.15. The molecule has 1 heterocycles. The van der Waals surface area contributed by atoms with E-state index >= 15 is 0 Å². The lowest BCUT2D eigenvalue weighted by Crippen LogP contribution is -2.43. The van der Waals surface area contributed by atoms with Crippen molar-refractivity contribution in [3.8, 4) is 0 Å². The van der Waals surface area contributed by atoms with Crippen molar-refractivity contribution in [2.75, 3.05) is 13.1 Å². The van der Waals surface area contributed by atoms with Gasteiger partial charge in [-0.05, 0) is 37.6 Å². The average Bonchev–Trinajstić information content (AvgIpc) is 2.85. The topological polar surface area (TPSA) is 41.1 Å². The second-order valence-electron chi connectivity index (χ2n) is 5.38. The van der Waals surface area contributed by atoms with Gasteiger partial charge in [0.1, 0.15) is 0 Å². The van der Waals surface area contributed by atoms with E-state index < -0.39 is 0 Å². The molecule has 2 N–H and O–H groups in total. The van der Waals surface area contributed by atoms with E-state index in [1.165, 1.54) is 25.7 Å². The maximum Gasteiger partial charge on any atom is 0.237 e. The largest absolute Gasteiger partial charge is 0.354 e. The van der Waals surface area contributed by atoms with Gasteiger partial charge < -0.3 is 10.6 Å². The van der Waals surface area contributed by atoms with Crippen molar-refractivity contribution < 1.29 is 4.79 Å². The Morgan fingerprint density at radius 3 is 2.62 bits per heavy atom. The van der Waals surface area contributed by atoms with Crippen LogP contribution in [0.1, 0.15) is 45.4 Å². The van der Waals surface area contributed by atoms with E-state index in [0.29, 0.717) is 5.41 Å². The molecule has 94 valence electrons. The molecule has 2 fully saturated rings. The number of halogens is 1. The van der Waals surface area contributed by atoms with Gasteiger partial charge in [-0.1, -0.05) is 19.8 Å². The Morgan fingerprint density at radius 1 is 1.38 bits per heavy atom. The molecular weight excluding hydrogens is 224 g/mol. The number of carbonyl (C=O) groups is 1. The molecule has 1 saturated carbocycles. The average molecular weight is 247 g/mol. The Kier molecular flexibility index (Phi) is 5.06. The molecule has 2 rings (SSSR count).